The van der Waals surface area contributed by atoms with Gasteiger partial charge >= 0.3 is 0 Å². The summed E-state index contributed by atoms with van der Waals surface area (Å²) < 4.78 is 53.6. The number of carbonyl (C=O) groups excluding carboxylic acids is 1. The molecule has 0 aromatic carbocycles. The predicted molar refractivity (Wildman–Crippen MR) is 142 cm³/mol. The Morgan fingerprint density at radius 1 is 1.10 bits per heavy atom. The number of nitrogens with zero attached hydrogens (tertiary/aromatic N) is 1. The molecule has 10 atom stereocenters. The number of hydrogen-bond donors (Lipinski definition) is 0. The van der Waals surface area contributed by atoms with Gasteiger partial charge in [0, 0.05) is 66.8 Å². The molecule has 0 bridgehead atoms. The fourth-order valence-corrected chi connectivity index (χ4v) is 6.13. The number of hydrogen-bond acceptors (Lipinski definition) is 10. The number of likely N-dealkylation sites (N-methyl/N-ethyl adjacent to an activating group) is 1. The summed E-state index contributed by atoms with van der Waals surface area (Å²) in [6, 6.07) is 0. The van der Waals surface area contributed by atoms with E-state index in [-0.39, 0.29) is 43.0 Å². The summed E-state index contributed by atoms with van der Waals surface area (Å²) in [5, 5.41) is 0. The van der Waals surface area contributed by atoms with E-state index in [2.05, 4.69) is 20.4 Å². The first-order valence-electron chi connectivity index (χ1n) is 13.6. The maximum atomic E-state index is 14.0. The molecule has 3 aliphatic rings. The number of ether oxygens (including phenoxy) is 9. The van der Waals surface area contributed by atoms with Gasteiger partial charge in [0.2, 0.25) is 5.79 Å². The number of carbonyl (C=O) groups is 1. The quantitative estimate of drug-likeness (QED) is 0.351. The Bertz CT molecular complexity index is 839. The summed E-state index contributed by atoms with van der Waals surface area (Å²) in [5.41, 5.74) is 0.506. The SMILES string of the molecule is C=C1C[C@](OC)([C@H](OC)C(=O)N(C)[C@H]2OCO[C@H]3[C@@H]2O[C@H](C[C@H](COC)OC)C(C)(C)[C@@H]3OC)O[C@H](C)[C@@H]1C. The van der Waals surface area contributed by atoms with Crippen molar-refractivity contribution in [2.24, 2.45) is 11.3 Å². The molecule has 0 N–H and O–H groups in total. The standard InChI is InChI=1S/C28H49NO10/c1-16-13-28(35-11,39-18(3)17(16)2)24(34-10)25(30)29(6)26-22-21(36-15-37-26)23(33-9)27(4,5)20(38-22)12-19(32-8)14-31-7/h17-24,26H,1,12-15H2,2-11H3/t17-,18-,19-,20-,21+,22+,23-,24-,26+,28-/m1/s1. The Balaban J connectivity index is 1.89. The van der Waals surface area contributed by atoms with E-state index in [0.717, 1.165) is 5.57 Å². The second kappa shape index (κ2) is 13.2. The molecule has 3 aliphatic heterocycles. The van der Waals surface area contributed by atoms with E-state index in [0.29, 0.717) is 19.4 Å². The highest BCUT2D eigenvalue weighted by atomic mass is 16.7. The van der Waals surface area contributed by atoms with Crippen LogP contribution in [0.15, 0.2) is 12.2 Å². The van der Waals surface area contributed by atoms with E-state index >= 15 is 0 Å². The fourth-order valence-electron chi connectivity index (χ4n) is 6.13. The van der Waals surface area contributed by atoms with Crippen LogP contribution in [0.3, 0.4) is 0 Å². The zero-order valence-electron chi connectivity index (χ0n) is 25.3. The molecule has 226 valence electrons. The average molecular weight is 560 g/mol. The summed E-state index contributed by atoms with van der Waals surface area (Å²) in [7, 11) is 9.60. The van der Waals surface area contributed by atoms with E-state index in [1.54, 1.807) is 28.4 Å². The molecular weight excluding hydrogens is 510 g/mol. The molecule has 0 spiro atoms. The molecule has 0 aromatic rings. The van der Waals surface area contributed by atoms with Crippen molar-refractivity contribution < 1.29 is 47.4 Å². The molecule has 0 aliphatic carbocycles. The Hall–Kier alpha value is -1.15. The molecule has 3 rings (SSSR count). The summed E-state index contributed by atoms with van der Waals surface area (Å²) in [6.45, 7) is 12.8. The largest absolute Gasteiger partial charge is 0.382 e. The third-order valence-electron chi connectivity index (χ3n) is 8.85. The number of amides is 1. The maximum absolute atomic E-state index is 14.0. The van der Waals surface area contributed by atoms with Gasteiger partial charge in [0.25, 0.3) is 5.91 Å². The molecule has 39 heavy (non-hydrogen) atoms. The lowest BCUT2D eigenvalue weighted by Crippen LogP contribution is -2.69. The monoisotopic (exact) mass is 559 g/mol. The van der Waals surface area contributed by atoms with Crippen LogP contribution in [0, 0.1) is 11.3 Å². The van der Waals surface area contributed by atoms with Crippen LogP contribution in [-0.4, -0.2) is 122 Å². The third kappa shape index (κ3) is 6.22. The van der Waals surface area contributed by atoms with Crippen LogP contribution in [0.5, 0.6) is 0 Å². The van der Waals surface area contributed by atoms with Gasteiger partial charge in [0.05, 0.1) is 31.0 Å². The molecule has 0 saturated carbocycles. The van der Waals surface area contributed by atoms with Gasteiger partial charge in [0.1, 0.15) is 19.0 Å². The normalized spacial score (nSPS) is 38.1. The van der Waals surface area contributed by atoms with Gasteiger partial charge in [0.15, 0.2) is 12.3 Å². The molecule has 11 nitrogen and oxygen atoms in total. The van der Waals surface area contributed by atoms with Gasteiger partial charge in [-0.05, 0) is 6.92 Å². The van der Waals surface area contributed by atoms with Crippen molar-refractivity contribution in [3.8, 4) is 0 Å². The molecule has 11 heteroatoms. The minimum absolute atomic E-state index is 0.0211. The molecule has 1 amide bonds. The van der Waals surface area contributed by atoms with Crippen LogP contribution in [0.1, 0.15) is 40.5 Å². The fraction of sp³-hybridized carbons (Fsp3) is 0.893. The molecule has 0 unspecified atom stereocenters. The summed E-state index contributed by atoms with van der Waals surface area (Å²) in [6.07, 6.45) is -3.08. The molecule has 3 heterocycles. The number of fused-ring (bicyclic) bond motifs is 1. The van der Waals surface area contributed by atoms with Crippen LogP contribution < -0.4 is 0 Å². The van der Waals surface area contributed by atoms with Crippen molar-refractivity contribution in [2.45, 2.75) is 95.3 Å². The average Bonchev–Trinajstić information content (AvgIpc) is 2.91. The molecule has 0 aromatic heterocycles. The second-order valence-electron chi connectivity index (χ2n) is 11.4. The van der Waals surface area contributed by atoms with E-state index in [4.69, 9.17) is 42.6 Å². The first-order chi connectivity index (χ1) is 18.4. The van der Waals surface area contributed by atoms with Crippen molar-refractivity contribution >= 4 is 5.91 Å². The first kappa shape index (κ1) is 32.4. The number of rotatable bonds is 11. The molecule has 3 saturated heterocycles. The predicted octanol–water partition coefficient (Wildman–Crippen LogP) is 2.36. The summed E-state index contributed by atoms with van der Waals surface area (Å²) >= 11 is 0. The molecule has 0 radical (unpaired) electrons. The van der Waals surface area contributed by atoms with Crippen LogP contribution in [0.2, 0.25) is 0 Å². The van der Waals surface area contributed by atoms with Crippen molar-refractivity contribution in [3.63, 3.8) is 0 Å². The van der Waals surface area contributed by atoms with E-state index in [9.17, 15) is 4.79 Å². The van der Waals surface area contributed by atoms with Crippen LogP contribution in [-0.2, 0) is 47.4 Å². The Labute approximate surface area is 233 Å². The molecule has 3 fully saturated rings. The van der Waals surface area contributed by atoms with E-state index in [1.807, 2.05) is 13.8 Å². The lowest BCUT2D eigenvalue weighted by atomic mass is 9.72. The van der Waals surface area contributed by atoms with Crippen molar-refractivity contribution in [3.05, 3.63) is 12.2 Å². The highest BCUT2D eigenvalue weighted by molar-refractivity contribution is 5.82. The van der Waals surface area contributed by atoms with Crippen molar-refractivity contribution in [2.75, 3.05) is 56.0 Å². The van der Waals surface area contributed by atoms with Gasteiger partial charge in [-0.2, -0.15) is 0 Å². The second-order valence-corrected chi connectivity index (χ2v) is 11.4. The summed E-state index contributed by atoms with van der Waals surface area (Å²) in [5.74, 6) is -1.58. The zero-order chi connectivity index (χ0) is 29.1. The summed E-state index contributed by atoms with van der Waals surface area (Å²) in [4.78, 5) is 15.5. The highest BCUT2D eigenvalue weighted by Gasteiger charge is 2.58. The Morgan fingerprint density at radius 3 is 2.33 bits per heavy atom. The topological polar surface area (TPSA) is 103 Å². The number of methoxy groups -OCH3 is 5. The highest BCUT2D eigenvalue weighted by Crippen LogP contribution is 2.45. The van der Waals surface area contributed by atoms with Crippen molar-refractivity contribution in [1.29, 1.82) is 0 Å². The van der Waals surface area contributed by atoms with Crippen LogP contribution in [0.25, 0.3) is 0 Å². The van der Waals surface area contributed by atoms with Gasteiger partial charge in [-0.15, -0.1) is 0 Å². The first-order valence-corrected chi connectivity index (χ1v) is 13.6. The van der Waals surface area contributed by atoms with Gasteiger partial charge < -0.3 is 47.5 Å². The van der Waals surface area contributed by atoms with Crippen molar-refractivity contribution in [1.82, 2.24) is 4.90 Å². The van der Waals surface area contributed by atoms with Gasteiger partial charge in [-0.1, -0.05) is 32.9 Å². The Morgan fingerprint density at radius 2 is 1.79 bits per heavy atom. The van der Waals surface area contributed by atoms with Gasteiger partial charge in [-0.25, -0.2) is 0 Å². The van der Waals surface area contributed by atoms with E-state index in [1.165, 1.54) is 19.1 Å². The van der Waals surface area contributed by atoms with Crippen LogP contribution in [0.4, 0.5) is 0 Å². The lowest BCUT2D eigenvalue weighted by Gasteiger charge is -2.55. The minimum atomic E-state index is -1.33. The Kier molecular flexibility index (Phi) is 11.0. The maximum Gasteiger partial charge on any atom is 0.259 e. The minimum Gasteiger partial charge on any atom is -0.382 e. The van der Waals surface area contributed by atoms with Crippen LogP contribution >= 0.6 is 0 Å². The third-order valence-corrected chi connectivity index (χ3v) is 8.85. The molecular formula is C28H49NO10. The lowest BCUT2D eigenvalue weighted by molar-refractivity contribution is -0.347. The van der Waals surface area contributed by atoms with Gasteiger partial charge in [-0.3, -0.25) is 4.79 Å². The zero-order valence-corrected chi connectivity index (χ0v) is 25.3. The van der Waals surface area contributed by atoms with E-state index < -0.39 is 35.7 Å². The smallest absolute Gasteiger partial charge is 0.259 e.